The third-order valence-electron chi connectivity index (χ3n) is 11.7. The highest BCUT2D eigenvalue weighted by atomic mass is 19.1. The quantitative estimate of drug-likeness (QED) is 0.107. The van der Waals surface area contributed by atoms with Gasteiger partial charge in [-0.3, -0.25) is 4.99 Å². The molecule has 0 aromatic heterocycles. The van der Waals surface area contributed by atoms with Crippen LogP contribution < -0.4 is 9.64 Å². The SMILES string of the molecule is C=C1/C=C\C=C/Cc2c(C)cc3c(c2O1)-c1ccc(N(C/N=C\C(C)=C/C(=C)c2ccccc2)c2ccc(C(C)(C)C)cc2)cc1C3(c1cccc(F)c1)c1cccc(F)c1. The van der Waals surface area contributed by atoms with Crippen molar-refractivity contribution in [2.45, 2.75) is 51.9 Å². The second kappa shape index (κ2) is 16.7. The van der Waals surface area contributed by atoms with Crippen molar-refractivity contribution in [3.8, 4) is 16.9 Å². The molecule has 0 radical (unpaired) electrons. The normalized spacial score (nSPS) is 15.5. The lowest BCUT2D eigenvalue weighted by Gasteiger charge is -2.35. The number of ether oxygens (including phenoxy) is 1. The summed E-state index contributed by atoms with van der Waals surface area (Å²) in [6, 6.07) is 40.7. The monoisotopic (exact) mass is 804 g/mol. The summed E-state index contributed by atoms with van der Waals surface area (Å²) in [6.45, 7) is 19.5. The molecule has 0 spiro atoms. The molecule has 2 aliphatic rings. The van der Waals surface area contributed by atoms with Gasteiger partial charge in [0.25, 0.3) is 0 Å². The van der Waals surface area contributed by atoms with Crippen LogP contribution in [0.4, 0.5) is 20.2 Å². The van der Waals surface area contributed by atoms with Gasteiger partial charge in [-0.2, -0.15) is 0 Å². The Hall–Kier alpha value is -6.85. The minimum Gasteiger partial charge on any atom is -0.457 e. The number of hydrogen-bond acceptors (Lipinski definition) is 3. The molecule has 6 aromatic rings. The van der Waals surface area contributed by atoms with E-state index in [1.807, 2.05) is 79.9 Å². The summed E-state index contributed by atoms with van der Waals surface area (Å²) in [5.74, 6) is 0.421. The molecule has 5 heteroatoms. The summed E-state index contributed by atoms with van der Waals surface area (Å²) in [6.07, 6.45) is 12.4. The standard InChI is InChI=1S/C56H50F2N2O/c1-37(30-38(2)41-17-11-9-12-18-41)35-59-36-60(47-26-24-42(25-27-47)55(5,6)7)48-28-29-50-51(34-48)56(43-19-14-21-45(57)32-43,44-20-15-22-46(58)33-44)52-31-39(3)49-23-13-8-10-16-40(4)61-54(49)53(50)52/h8-22,24-35H,2,4,23,36H2,1,3,5-7H3/b13-8-,16-10-,37-30-,59-35-. The zero-order valence-corrected chi connectivity index (χ0v) is 35.5. The van der Waals surface area contributed by atoms with Crippen molar-refractivity contribution < 1.29 is 13.5 Å². The van der Waals surface area contributed by atoms with E-state index in [4.69, 9.17) is 9.73 Å². The van der Waals surface area contributed by atoms with Gasteiger partial charge in [-0.15, -0.1) is 0 Å². The molecule has 0 fully saturated rings. The highest BCUT2D eigenvalue weighted by molar-refractivity contribution is 5.93. The fourth-order valence-corrected chi connectivity index (χ4v) is 8.72. The van der Waals surface area contributed by atoms with Gasteiger partial charge in [-0.25, -0.2) is 8.78 Å². The first-order chi connectivity index (χ1) is 29.3. The summed E-state index contributed by atoms with van der Waals surface area (Å²) >= 11 is 0. The maximum absolute atomic E-state index is 15.7. The molecule has 304 valence electrons. The zero-order valence-electron chi connectivity index (χ0n) is 35.5. The third kappa shape index (κ3) is 7.96. The van der Waals surface area contributed by atoms with Crippen molar-refractivity contribution in [3.05, 3.63) is 238 Å². The fourth-order valence-electron chi connectivity index (χ4n) is 8.72. The molecule has 1 aliphatic heterocycles. The molecule has 0 bridgehead atoms. The Kier molecular flexibility index (Phi) is 11.2. The maximum atomic E-state index is 15.7. The summed E-state index contributed by atoms with van der Waals surface area (Å²) in [4.78, 5) is 7.19. The number of fused-ring (bicyclic) bond motifs is 5. The lowest BCUT2D eigenvalue weighted by atomic mass is 9.67. The van der Waals surface area contributed by atoms with Crippen LogP contribution in [-0.4, -0.2) is 12.9 Å². The van der Waals surface area contributed by atoms with E-state index < -0.39 is 5.41 Å². The molecule has 0 amide bonds. The fraction of sp³-hybridized carbons (Fsp3) is 0.161. The van der Waals surface area contributed by atoms with Crippen LogP contribution in [0.15, 0.2) is 187 Å². The van der Waals surface area contributed by atoms with Crippen LogP contribution in [0.1, 0.15) is 72.2 Å². The van der Waals surface area contributed by atoms with Crippen molar-refractivity contribution in [2.24, 2.45) is 4.99 Å². The van der Waals surface area contributed by atoms with E-state index in [0.717, 1.165) is 61.5 Å². The molecule has 6 aromatic carbocycles. The van der Waals surface area contributed by atoms with Gasteiger partial charge < -0.3 is 9.64 Å². The molecule has 0 saturated carbocycles. The number of anilines is 2. The average molecular weight is 805 g/mol. The highest BCUT2D eigenvalue weighted by Crippen LogP contribution is 2.60. The van der Waals surface area contributed by atoms with E-state index in [1.165, 1.54) is 17.7 Å². The van der Waals surface area contributed by atoms with Crippen LogP contribution in [-0.2, 0) is 17.3 Å². The van der Waals surface area contributed by atoms with Gasteiger partial charge in [0.15, 0.2) is 0 Å². The number of halogens is 2. The van der Waals surface area contributed by atoms with Gasteiger partial charge in [0.1, 0.15) is 29.8 Å². The van der Waals surface area contributed by atoms with Crippen molar-refractivity contribution >= 4 is 23.2 Å². The number of benzene rings is 6. The molecule has 61 heavy (non-hydrogen) atoms. The molecule has 0 unspecified atom stereocenters. The minimum atomic E-state index is -1.14. The Morgan fingerprint density at radius 2 is 1.48 bits per heavy atom. The first-order valence-corrected chi connectivity index (χ1v) is 20.7. The Bertz CT molecular complexity index is 2740. The number of hydrogen-bond donors (Lipinski definition) is 0. The molecule has 8 rings (SSSR count). The van der Waals surface area contributed by atoms with Crippen LogP contribution in [0.25, 0.3) is 16.7 Å². The Labute approximate surface area is 359 Å². The maximum Gasteiger partial charge on any atom is 0.139 e. The summed E-state index contributed by atoms with van der Waals surface area (Å²) < 4.78 is 38.0. The molecule has 1 heterocycles. The van der Waals surface area contributed by atoms with Crippen molar-refractivity contribution in [3.63, 3.8) is 0 Å². The van der Waals surface area contributed by atoms with E-state index in [2.05, 4.69) is 100 Å². The van der Waals surface area contributed by atoms with E-state index in [0.29, 0.717) is 35.7 Å². The Morgan fingerprint density at radius 3 is 2.13 bits per heavy atom. The molecule has 0 N–H and O–H groups in total. The van der Waals surface area contributed by atoms with Crippen LogP contribution in [0.5, 0.6) is 5.75 Å². The van der Waals surface area contributed by atoms with Crippen molar-refractivity contribution in [1.29, 1.82) is 0 Å². The minimum absolute atomic E-state index is 0.0351. The first kappa shape index (κ1) is 40.9. The van der Waals surface area contributed by atoms with Crippen LogP contribution in [0, 0.1) is 18.6 Å². The van der Waals surface area contributed by atoms with Gasteiger partial charge in [-0.05, 0) is 136 Å². The lowest BCUT2D eigenvalue weighted by Crippen LogP contribution is -2.29. The predicted molar refractivity (Wildman–Crippen MR) is 250 cm³/mol. The third-order valence-corrected chi connectivity index (χ3v) is 11.7. The average Bonchev–Trinajstić information content (AvgIpc) is 3.57. The lowest BCUT2D eigenvalue weighted by molar-refractivity contribution is 0.443. The van der Waals surface area contributed by atoms with Crippen molar-refractivity contribution in [1.82, 2.24) is 0 Å². The van der Waals surface area contributed by atoms with Gasteiger partial charge in [-0.1, -0.05) is 137 Å². The van der Waals surface area contributed by atoms with Crippen LogP contribution in [0.2, 0.25) is 0 Å². The second-order valence-corrected chi connectivity index (χ2v) is 16.9. The molecule has 0 saturated heterocycles. The number of aryl methyl sites for hydroxylation is 1. The number of rotatable bonds is 9. The number of allylic oxidation sites excluding steroid dienone is 7. The van der Waals surface area contributed by atoms with Crippen molar-refractivity contribution in [2.75, 3.05) is 11.6 Å². The number of nitrogens with zero attached hydrogens (tertiary/aromatic N) is 2. The molecule has 0 atom stereocenters. The molecular formula is C56H50F2N2O. The topological polar surface area (TPSA) is 24.8 Å². The second-order valence-electron chi connectivity index (χ2n) is 16.9. The first-order valence-electron chi connectivity index (χ1n) is 20.7. The molecule has 3 nitrogen and oxygen atoms in total. The van der Waals surface area contributed by atoms with Crippen LogP contribution >= 0.6 is 0 Å². The van der Waals surface area contributed by atoms with Gasteiger partial charge in [0.05, 0.1) is 5.41 Å². The highest BCUT2D eigenvalue weighted by Gasteiger charge is 2.49. The van der Waals surface area contributed by atoms with E-state index in [9.17, 15) is 0 Å². The summed E-state index contributed by atoms with van der Waals surface area (Å²) in [7, 11) is 0. The van der Waals surface area contributed by atoms with Gasteiger partial charge in [0.2, 0.25) is 0 Å². The summed E-state index contributed by atoms with van der Waals surface area (Å²) in [5, 5.41) is 0. The van der Waals surface area contributed by atoms with E-state index in [-0.39, 0.29) is 17.0 Å². The van der Waals surface area contributed by atoms with Crippen LogP contribution in [0.3, 0.4) is 0 Å². The number of aliphatic imine (C=N–C) groups is 1. The van der Waals surface area contributed by atoms with E-state index >= 15 is 8.78 Å². The smallest absolute Gasteiger partial charge is 0.139 e. The molecule has 1 aliphatic carbocycles. The largest absolute Gasteiger partial charge is 0.457 e. The predicted octanol–water partition coefficient (Wildman–Crippen LogP) is 14.3. The summed E-state index contributed by atoms with van der Waals surface area (Å²) in [5.41, 5.74) is 11.7. The Morgan fingerprint density at radius 1 is 0.803 bits per heavy atom. The van der Waals surface area contributed by atoms with Gasteiger partial charge >= 0.3 is 0 Å². The Balaban J connectivity index is 1.36. The zero-order chi connectivity index (χ0) is 42.9. The molecular weight excluding hydrogens is 755 g/mol. The van der Waals surface area contributed by atoms with Gasteiger partial charge in [0, 0.05) is 28.7 Å². The van der Waals surface area contributed by atoms with E-state index in [1.54, 1.807) is 24.3 Å².